The lowest BCUT2D eigenvalue weighted by atomic mass is 10.1. The molecule has 0 N–H and O–H groups in total. The molecule has 0 bridgehead atoms. The maximum absolute atomic E-state index is 5.76. The van der Waals surface area contributed by atoms with Crippen molar-refractivity contribution < 1.29 is 4.74 Å². The third-order valence-electron chi connectivity index (χ3n) is 3.27. The summed E-state index contributed by atoms with van der Waals surface area (Å²) in [6.07, 6.45) is 0. The highest BCUT2D eigenvalue weighted by Gasteiger charge is 2.10. The van der Waals surface area contributed by atoms with Crippen molar-refractivity contribution in [1.82, 2.24) is 14.8 Å². The summed E-state index contributed by atoms with van der Waals surface area (Å²) in [6.45, 7) is 4.27. The lowest BCUT2D eigenvalue weighted by Gasteiger charge is -2.02. The minimum atomic E-state index is 0.411. The van der Waals surface area contributed by atoms with Crippen LogP contribution in [0.2, 0.25) is 0 Å². The number of pyridine rings is 1. The summed E-state index contributed by atoms with van der Waals surface area (Å²) in [6, 6.07) is 13.8. The van der Waals surface area contributed by atoms with Gasteiger partial charge in [0.15, 0.2) is 0 Å². The molecule has 102 valence electrons. The molecule has 0 saturated carbocycles. The number of aryl methyl sites for hydroxylation is 1. The fraction of sp³-hybridized carbons (Fsp3) is 0.250. The van der Waals surface area contributed by atoms with Gasteiger partial charge in [-0.3, -0.25) is 4.68 Å². The molecule has 0 atom stereocenters. The first-order chi connectivity index (χ1) is 9.63. The van der Waals surface area contributed by atoms with E-state index in [1.165, 1.54) is 0 Å². The van der Waals surface area contributed by atoms with Crippen LogP contribution in [0.5, 0.6) is 11.8 Å². The maximum atomic E-state index is 5.76. The number of ether oxygens (including phenoxy) is 1. The molecule has 0 spiro atoms. The zero-order valence-electron chi connectivity index (χ0n) is 11.9. The minimum Gasteiger partial charge on any atom is -0.419 e. The maximum Gasteiger partial charge on any atom is 0.240 e. The second kappa shape index (κ2) is 4.96. The van der Waals surface area contributed by atoms with Gasteiger partial charge in [-0.15, -0.1) is 5.10 Å². The Balaban J connectivity index is 1.91. The molecule has 3 rings (SSSR count). The number of benzene rings is 1. The standard InChI is InChI=1S/C16H17N3O/c1-11(2)14-10-16(18-19(14)3)20-15-9-8-12-6-4-5-7-13(12)17-15/h4-11H,1-3H3. The van der Waals surface area contributed by atoms with Crippen molar-refractivity contribution in [2.75, 3.05) is 0 Å². The summed E-state index contributed by atoms with van der Waals surface area (Å²) in [5.74, 6) is 1.56. The largest absolute Gasteiger partial charge is 0.419 e. The molecule has 20 heavy (non-hydrogen) atoms. The van der Waals surface area contributed by atoms with Crippen molar-refractivity contribution in [3.63, 3.8) is 0 Å². The van der Waals surface area contributed by atoms with Crippen molar-refractivity contribution in [3.05, 3.63) is 48.2 Å². The number of hydrogen-bond acceptors (Lipinski definition) is 3. The van der Waals surface area contributed by atoms with Crippen LogP contribution in [0, 0.1) is 0 Å². The molecular formula is C16H17N3O. The molecule has 0 saturated heterocycles. The second-order valence-electron chi connectivity index (χ2n) is 5.13. The fourth-order valence-electron chi connectivity index (χ4n) is 2.26. The highest BCUT2D eigenvalue weighted by molar-refractivity contribution is 5.78. The van der Waals surface area contributed by atoms with E-state index in [1.807, 2.05) is 54.2 Å². The number of hydrogen-bond donors (Lipinski definition) is 0. The van der Waals surface area contributed by atoms with E-state index in [-0.39, 0.29) is 0 Å². The monoisotopic (exact) mass is 267 g/mol. The first-order valence-corrected chi connectivity index (χ1v) is 6.71. The van der Waals surface area contributed by atoms with E-state index in [0.29, 0.717) is 17.7 Å². The summed E-state index contributed by atoms with van der Waals surface area (Å²) in [5.41, 5.74) is 2.06. The third kappa shape index (κ3) is 2.37. The van der Waals surface area contributed by atoms with E-state index in [2.05, 4.69) is 23.9 Å². The van der Waals surface area contributed by atoms with Gasteiger partial charge in [-0.2, -0.15) is 0 Å². The first-order valence-electron chi connectivity index (χ1n) is 6.71. The molecule has 0 radical (unpaired) electrons. The lowest BCUT2D eigenvalue weighted by Crippen LogP contribution is -1.99. The topological polar surface area (TPSA) is 39.9 Å². The number of rotatable bonds is 3. The van der Waals surface area contributed by atoms with Crippen LogP contribution in [0.4, 0.5) is 0 Å². The van der Waals surface area contributed by atoms with Crippen LogP contribution < -0.4 is 4.74 Å². The smallest absolute Gasteiger partial charge is 0.240 e. The lowest BCUT2D eigenvalue weighted by molar-refractivity contribution is 0.438. The van der Waals surface area contributed by atoms with Crippen molar-refractivity contribution >= 4 is 10.9 Å². The van der Waals surface area contributed by atoms with Crippen molar-refractivity contribution in [3.8, 4) is 11.8 Å². The van der Waals surface area contributed by atoms with E-state index < -0.39 is 0 Å². The molecule has 2 aromatic heterocycles. The Morgan fingerprint density at radius 3 is 2.60 bits per heavy atom. The third-order valence-corrected chi connectivity index (χ3v) is 3.27. The van der Waals surface area contributed by atoms with Gasteiger partial charge < -0.3 is 4.74 Å². The summed E-state index contributed by atoms with van der Waals surface area (Å²) in [7, 11) is 1.93. The van der Waals surface area contributed by atoms with Crippen molar-refractivity contribution in [2.24, 2.45) is 7.05 Å². The second-order valence-corrected chi connectivity index (χ2v) is 5.13. The molecule has 3 aromatic rings. The molecule has 0 fully saturated rings. The summed E-state index contributed by atoms with van der Waals surface area (Å²) in [5, 5.41) is 5.46. The molecule has 4 nitrogen and oxygen atoms in total. The van der Waals surface area contributed by atoms with E-state index in [9.17, 15) is 0 Å². The zero-order chi connectivity index (χ0) is 14.1. The normalized spacial score (nSPS) is 11.2. The summed E-state index contributed by atoms with van der Waals surface area (Å²) < 4.78 is 7.60. The summed E-state index contributed by atoms with van der Waals surface area (Å²) in [4.78, 5) is 4.48. The fourth-order valence-corrected chi connectivity index (χ4v) is 2.26. The molecule has 0 amide bonds. The Kier molecular flexibility index (Phi) is 3.14. The van der Waals surface area contributed by atoms with Gasteiger partial charge in [-0.1, -0.05) is 32.0 Å². The Morgan fingerprint density at radius 2 is 1.85 bits per heavy atom. The van der Waals surface area contributed by atoms with Crippen molar-refractivity contribution in [2.45, 2.75) is 19.8 Å². The van der Waals surface area contributed by atoms with E-state index in [0.717, 1.165) is 16.6 Å². The minimum absolute atomic E-state index is 0.411. The average Bonchev–Trinajstić information content (AvgIpc) is 2.79. The van der Waals surface area contributed by atoms with Gasteiger partial charge in [-0.25, -0.2) is 4.98 Å². The van der Waals surface area contributed by atoms with Crippen LogP contribution in [0.1, 0.15) is 25.5 Å². The Labute approximate surface area is 118 Å². The van der Waals surface area contributed by atoms with Crippen LogP contribution >= 0.6 is 0 Å². The van der Waals surface area contributed by atoms with Gasteiger partial charge in [0.2, 0.25) is 11.8 Å². The predicted molar refractivity (Wildman–Crippen MR) is 79.1 cm³/mol. The molecule has 0 aliphatic rings. The molecule has 4 heteroatoms. The van der Waals surface area contributed by atoms with Gasteiger partial charge in [0.25, 0.3) is 0 Å². The Bertz CT molecular complexity index is 746. The molecule has 2 heterocycles. The van der Waals surface area contributed by atoms with Gasteiger partial charge >= 0.3 is 0 Å². The average molecular weight is 267 g/mol. The highest BCUT2D eigenvalue weighted by atomic mass is 16.5. The van der Waals surface area contributed by atoms with E-state index in [4.69, 9.17) is 4.74 Å². The Hall–Kier alpha value is -2.36. The van der Waals surface area contributed by atoms with E-state index >= 15 is 0 Å². The van der Waals surface area contributed by atoms with Gasteiger partial charge in [0.05, 0.1) is 5.52 Å². The molecule has 0 aliphatic carbocycles. The SMILES string of the molecule is CC(C)c1cc(Oc2ccc3ccccc3n2)nn1C. The quantitative estimate of drug-likeness (QED) is 0.723. The van der Waals surface area contributed by atoms with E-state index in [1.54, 1.807) is 0 Å². The Morgan fingerprint density at radius 1 is 1.05 bits per heavy atom. The zero-order valence-corrected chi connectivity index (χ0v) is 11.9. The van der Waals surface area contributed by atoms with Gasteiger partial charge in [0.1, 0.15) is 0 Å². The molecule has 0 aliphatic heterocycles. The highest BCUT2D eigenvalue weighted by Crippen LogP contribution is 2.24. The first kappa shape index (κ1) is 12.7. The van der Waals surface area contributed by atoms with Crippen LogP contribution in [-0.2, 0) is 7.05 Å². The number of aromatic nitrogens is 3. The van der Waals surface area contributed by atoms with Gasteiger partial charge in [0, 0.05) is 30.3 Å². The van der Waals surface area contributed by atoms with Crippen LogP contribution in [0.25, 0.3) is 10.9 Å². The molecule has 1 aromatic carbocycles. The van der Waals surface area contributed by atoms with Crippen molar-refractivity contribution in [1.29, 1.82) is 0 Å². The number of para-hydroxylation sites is 1. The van der Waals surface area contributed by atoms with Crippen LogP contribution in [0.3, 0.4) is 0 Å². The number of fused-ring (bicyclic) bond motifs is 1. The number of nitrogens with zero attached hydrogens (tertiary/aromatic N) is 3. The molecular weight excluding hydrogens is 250 g/mol. The van der Waals surface area contributed by atoms with Crippen LogP contribution in [0.15, 0.2) is 42.5 Å². The summed E-state index contributed by atoms with van der Waals surface area (Å²) >= 11 is 0. The van der Waals surface area contributed by atoms with Gasteiger partial charge in [-0.05, 0) is 18.1 Å². The predicted octanol–water partition coefficient (Wildman–Crippen LogP) is 3.88. The molecule has 0 unspecified atom stereocenters. The van der Waals surface area contributed by atoms with Crippen LogP contribution in [-0.4, -0.2) is 14.8 Å².